The van der Waals surface area contributed by atoms with Gasteiger partial charge in [0.05, 0.1) is 4.47 Å². The first kappa shape index (κ1) is 11.7. The molecule has 0 radical (unpaired) electrons. The highest BCUT2D eigenvalue weighted by atomic mass is 79.9. The van der Waals surface area contributed by atoms with Gasteiger partial charge in [-0.2, -0.15) is 0 Å². The number of ether oxygens (including phenoxy) is 2. The topological polar surface area (TPSA) is 38.7 Å². The van der Waals surface area contributed by atoms with Gasteiger partial charge in [-0.15, -0.1) is 0 Å². The van der Waals surface area contributed by atoms with Crippen LogP contribution in [-0.2, 0) is 6.42 Å². The maximum atomic E-state index is 9.26. The predicted molar refractivity (Wildman–Crippen MR) is 65.1 cm³/mol. The molecule has 4 heteroatoms. The van der Waals surface area contributed by atoms with Gasteiger partial charge in [-0.05, 0) is 39.5 Å². The minimum atomic E-state index is 0.112. The van der Waals surface area contributed by atoms with Crippen LogP contribution in [0.5, 0.6) is 11.5 Å². The summed E-state index contributed by atoms with van der Waals surface area (Å²) in [6.45, 7) is 4.51. The molecular weight excluding hydrogens is 272 g/mol. The zero-order valence-corrected chi connectivity index (χ0v) is 11.0. The Bertz CT molecular complexity index is 404. The molecular formula is C12H15BrO3. The predicted octanol–water partition coefficient (Wildman–Crippen LogP) is 2.84. The second-order valence-electron chi connectivity index (χ2n) is 3.93. The lowest BCUT2D eigenvalue weighted by Gasteiger charge is -2.16. The van der Waals surface area contributed by atoms with Crippen LogP contribution in [0.1, 0.15) is 30.9 Å². The van der Waals surface area contributed by atoms with Crippen LogP contribution in [0.25, 0.3) is 0 Å². The van der Waals surface area contributed by atoms with Gasteiger partial charge in [-0.1, -0.05) is 13.8 Å². The first-order valence-corrected chi connectivity index (χ1v) is 6.20. The molecule has 1 N–H and O–H groups in total. The minimum absolute atomic E-state index is 0.112. The average molecular weight is 287 g/mol. The molecule has 3 nitrogen and oxygen atoms in total. The fourth-order valence-corrected chi connectivity index (χ4v) is 2.78. The van der Waals surface area contributed by atoms with Crippen LogP contribution in [0.4, 0.5) is 0 Å². The van der Waals surface area contributed by atoms with Crippen molar-refractivity contribution >= 4 is 15.9 Å². The van der Waals surface area contributed by atoms with Gasteiger partial charge in [0.1, 0.15) is 0 Å². The molecule has 1 aromatic rings. The zero-order chi connectivity index (χ0) is 11.7. The Hall–Kier alpha value is -0.740. The molecule has 0 fully saturated rings. The Morgan fingerprint density at radius 2 is 2.25 bits per heavy atom. The summed E-state index contributed by atoms with van der Waals surface area (Å²) in [6.07, 6.45) is 0.900. The zero-order valence-electron chi connectivity index (χ0n) is 9.42. The molecule has 0 bridgehead atoms. The van der Waals surface area contributed by atoms with E-state index in [0.29, 0.717) is 0 Å². The van der Waals surface area contributed by atoms with Crippen molar-refractivity contribution in [1.82, 2.24) is 0 Å². The van der Waals surface area contributed by atoms with Gasteiger partial charge < -0.3 is 14.6 Å². The third-order valence-electron chi connectivity index (χ3n) is 2.90. The Labute approximate surface area is 104 Å². The van der Waals surface area contributed by atoms with E-state index in [0.717, 1.165) is 28.0 Å². The molecule has 16 heavy (non-hydrogen) atoms. The Morgan fingerprint density at radius 1 is 1.50 bits per heavy atom. The van der Waals surface area contributed by atoms with Crippen molar-refractivity contribution in [3.05, 3.63) is 21.7 Å². The largest absolute Gasteiger partial charge is 0.454 e. The van der Waals surface area contributed by atoms with E-state index < -0.39 is 0 Å². The van der Waals surface area contributed by atoms with Crippen molar-refractivity contribution < 1.29 is 14.6 Å². The van der Waals surface area contributed by atoms with Crippen LogP contribution in [-0.4, -0.2) is 18.5 Å². The van der Waals surface area contributed by atoms with Crippen molar-refractivity contribution in [2.75, 3.05) is 13.4 Å². The van der Waals surface area contributed by atoms with E-state index in [2.05, 4.69) is 22.9 Å². The highest BCUT2D eigenvalue weighted by molar-refractivity contribution is 9.10. The van der Waals surface area contributed by atoms with E-state index in [9.17, 15) is 5.11 Å². The molecule has 0 aromatic heterocycles. The Morgan fingerprint density at radius 3 is 2.88 bits per heavy atom. The number of aliphatic hydroxyl groups is 1. The van der Waals surface area contributed by atoms with Gasteiger partial charge in [0, 0.05) is 12.5 Å². The van der Waals surface area contributed by atoms with E-state index in [4.69, 9.17) is 9.47 Å². The monoisotopic (exact) mass is 286 g/mol. The van der Waals surface area contributed by atoms with E-state index in [1.54, 1.807) is 0 Å². The standard InChI is InChI=1S/C12H15BrO3/c1-3-8-9(7(2)5-14)4-10-12(11(8)13)16-6-15-10/h4,7,14H,3,5-6H2,1-2H3. The molecule has 88 valence electrons. The lowest BCUT2D eigenvalue weighted by molar-refractivity contribution is 0.173. The van der Waals surface area contributed by atoms with Crippen molar-refractivity contribution in [2.24, 2.45) is 0 Å². The molecule has 0 saturated heterocycles. The number of rotatable bonds is 3. The van der Waals surface area contributed by atoms with Crippen LogP contribution < -0.4 is 9.47 Å². The first-order valence-electron chi connectivity index (χ1n) is 5.40. The number of hydrogen-bond donors (Lipinski definition) is 1. The van der Waals surface area contributed by atoms with Crippen LogP contribution in [0, 0.1) is 0 Å². The summed E-state index contributed by atoms with van der Waals surface area (Å²) in [5.41, 5.74) is 2.31. The van der Waals surface area contributed by atoms with Crippen LogP contribution in [0.2, 0.25) is 0 Å². The van der Waals surface area contributed by atoms with Gasteiger partial charge in [-0.25, -0.2) is 0 Å². The summed E-state index contributed by atoms with van der Waals surface area (Å²) in [5, 5.41) is 9.26. The number of benzene rings is 1. The Balaban J connectivity index is 2.56. The van der Waals surface area contributed by atoms with Gasteiger partial charge in [0.15, 0.2) is 11.5 Å². The molecule has 1 unspecified atom stereocenters. The smallest absolute Gasteiger partial charge is 0.231 e. The lowest BCUT2D eigenvalue weighted by Crippen LogP contribution is -2.04. The number of halogens is 1. The van der Waals surface area contributed by atoms with Gasteiger partial charge >= 0.3 is 0 Å². The number of hydrogen-bond acceptors (Lipinski definition) is 3. The molecule has 1 atom stereocenters. The second kappa shape index (κ2) is 4.63. The quantitative estimate of drug-likeness (QED) is 0.929. The summed E-state index contributed by atoms with van der Waals surface area (Å²) in [6, 6.07) is 1.98. The molecule has 0 amide bonds. The SMILES string of the molecule is CCc1c(C(C)CO)cc2c(c1Br)OCO2. The highest BCUT2D eigenvalue weighted by Gasteiger charge is 2.23. The minimum Gasteiger partial charge on any atom is -0.454 e. The van der Waals surface area contributed by atoms with Crippen LogP contribution in [0.15, 0.2) is 10.5 Å². The lowest BCUT2D eigenvalue weighted by atomic mass is 9.94. The van der Waals surface area contributed by atoms with Gasteiger partial charge in [-0.3, -0.25) is 0 Å². The molecule has 1 heterocycles. The maximum absolute atomic E-state index is 9.26. The summed E-state index contributed by atoms with van der Waals surface area (Å²) < 4.78 is 11.7. The molecule has 0 saturated carbocycles. The average Bonchev–Trinajstić information content (AvgIpc) is 2.76. The molecule has 2 rings (SSSR count). The summed E-state index contributed by atoms with van der Waals surface area (Å²) in [4.78, 5) is 0. The molecule has 1 aliphatic rings. The highest BCUT2D eigenvalue weighted by Crippen LogP contribution is 2.44. The fraction of sp³-hybridized carbons (Fsp3) is 0.500. The van der Waals surface area contributed by atoms with E-state index in [1.165, 1.54) is 5.56 Å². The third kappa shape index (κ3) is 1.80. The Kier molecular flexibility index (Phi) is 3.40. The van der Waals surface area contributed by atoms with Crippen molar-refractivity contribution in [3.8, 4) is 11.5 Å². The molecule has 1 aromatic carbocycles. The molecule has 1 aliphatic heterocycles. The summed E-state index contributed by atoms with van der Waals surface area (Å²) in [7, 11) is 0. The molecule has 0 aliphatic carbocycles. The maximum Gasteiger partial charge on any atom is 0.231 e. The van der Waals surface area contributed by atoms with E-state index >= 15 is 0 Å². The van der Waals surface area contributed by atoms with Gasteiger partial charge in [0.2, 0.25) is 6.79 Å². The summed E-state index contributed by atoms with van der Waals surface area (Å²) >= 11 is 3.55. The first-order chi connectivity index (χ1) is 7.69. The van der Waals surface area contributed by atoms with Crippen LogP contribution in [0.3, 0.4) is 0 Å². The molecule has 0 spiro atoms. The van der Waals surface area contributed by atoms with Gasteiger partial charge in [0.25, 0.3) is 0 Å². The third-order valence-corrected chi connectivity index (χ3v) is 3.74. The number of aliphatic hydroxyl groups excluding tert-OH is 1. The van der Waals surface area contributed by atoms with Crippen molar-refractivity contribution in [3.63, 3.8) is 0 Å². The second-order valence-corrected chi connectivity index (χ2v) is 4.72. The fourth-order valence-electron chi connectivity index (χ4n) is 1.96. The van der Waals surface area contributed by atoms with Crippen LogP contribution >= 0.6 is 15.9 Å². The van der Waals surface area contributed by atoms with E-state index in [-0.39, 0.29) is 19.3 Å². The van der Waals surface area contributed by atoms with Crippen molar-refractivity contribution in [2.45, 2.75) is 26.2 Å². The normalized spacial score (nSPS) is 15.2. The number of fused-ring (bicyclic) bond motifs is 1. The van der Waals surface area contributed by atoms with Crippen molar-refractivity contribution in [1.29, 1.82) is 0 Å². The van der Waals surface area contributed by atoms with E-state index in [1.807, 2.05) is 13.0 Å². The summed E-state index contributed by atoms with van der Waals surface area (Å²) in [5.74, 6) is 1.66.